The van der Waals surface area contributed by atoms with E-state index in [2.05, 4.69) is 24.1 Å². The highest BCUT2D eigenvalue weighted by atomic mass is 35.5. The van der Waals surface area contributed by atoms with Crippen molar-refractivity contribution in [2.45, 2.75) is 33.2 Å². The summed E-state index contributed by atoms with van der Waals surface area (Å²) >= 11 is 5.77. The van der Waals surface area contributed by atoms with Gasteiger partial charge in [-0.1, -0.05) is 25.4 Å². The van der Waals surface area contributed by atoms with E-state index < -0.39 is 5.97 Å². The third kappa shape index (κ3) is 4.23. The molecule has 94 valence electrons. The number of carboxylic acids is 1. The Balaban J connectivity index is 2.88. The largest absolute Gasteiger partial charge is 0.478 e. The Labute approximate surface area is 106 Å². The first kappa shape index (κ1) is 13.8. The molecule has 0 amide bonds. The van der Waals surface area contributed by atoms with Gasteiger partial charge < -0.3 is 10.4 Å². The second kappa shape index (κ2) is 5.87. The van der Waals surface area contributed by atoms with Crippen LogP contribution in [0.25, 0.3) is 0 Å². The van der Waals surface area contributed by atoms with Gasteiger partial charge >= 0.3 is 5.97 Å². The summed E-state index contributed by atoms with van der Waals surface area (Å²) in [5.74, 6) is -0.142. The standard InChI is InChI=1S/C12H17ClN2O2/c1-7(2)6-8(3)14-11-9(12(16)17)4-5-10(13)15-11/h4-5,7-8H,6H2,1-3H3,(H,14,15)(H,16,17). The summed E-state index contributed by atoms with van der Waals surface area (Å²) in [6, 6.07) is 3.09. The topological polar surface area (TPSA) is 62.2 Å². The molecule has 1 rings (SSSR count). The van der Waals surface area contributed by atoms with E-state index in [0.717, 1.165) is 6.42 Å². The SMILES string of the molecule is CC(C)CC(C)Nc1nc(Cl)ccc1C(=O)O. The fourth-order valence-electron chi connectivity index (χ4n) is 1.72. The van der Waals surface area contributed by atoms with Gasteiger partial charge in [0.25, 0.3) is 0 Å². The highest BCUT2D eigenvalue weighted by molar-refractivity contribution is 6.29. The number of rotatable bonds is 5. The Hall–Kier alpha value is -1.29. The van der Waals surface area contributed by atoms with Gasteiger partial charge in [0.1, 0.15) is 16.5 Å². The second-order valence-electron chi connectivity index (χ2n) is 4.51. The second-order valence-corrected chi connectivity index (χ2v) is 4.90. The van der Waals surface area contributed by atoms with Crippen LogP contribution in [0.5, 0.6) is 0 Å². The fourth-order valence-corrected chi connectivity index (χ4v) is 1.86. The maximum absolute atomic E-state index is 11.0. The molecule has 1 aromatic rings. The third-order valence-electron chi connectivity index (χ3n) is 2.30. The van der Waals surface area contributed by atoms with Crippen molar-refractivity contribution >= 4 is 23.4 Å². The van der Waals surface area contributed by atoms with Gasteiger partial charge in [-0.15, -0.1) is 0 Å². The smallest absolute Gasteiger partial charge is 0.339 e. The van der Waals surface area contributed by atoms with Gasteiger partial charge in [0.2, 0.25) is 0 Å². The van der Waals surface area contributed by atoms with Crippen molar-refractivity contribution in [3.05, 3.63) is 22.8 Å². The van der Waals surface area contributed by atoms with Crippen molar-refractivity contribution in [3.8, 4) is 0 Å². The number of hydrogen-bond donors (Lipinski definition) is 2. The Morgan fingerprint density at radius 1 is 1.47 bits per heavy atom. The van der Waals surface area contributed by atoms with Gasteiger partial charge in [-0.2, -0.15) is 0 Å². The van der Waals surface area contributed by atoms with Crippen LogP contribution in [-0.2, 0) is 0 Å². The number of nitrogens with one attached hydrogen (secondary N) is 1. The minimum Gasteiger partial charge on any atom is -0.478 e. The summed E-state index contributed by atoms with van der Waals surface area (Å²) < 4.78 is 0. The van der Waals surface area contributed by atoms with Crippen molar-refractivity contribution in [2.24, 2.45) is 5.92 Å². The van der Waals surface area contributed by atoms with Crippen LogP contribution >= 0.6 is 11.6 Å². The number of carboxylic acid groups (broad SMARTS) is 1. The predicted molar refractivity (Wildman–Crippen MR) is 68.7 cm³/mol. The molecule has 0 aromatic carbocycles. The molecule has 0 bridgehead atoms. The number of pyridine rings is 1. The molecular weight excluding hydrogens is 240 g/mol. The lowest BCUT2D eigenvalue weighted by molar-refractivity contribution is 0.0697. The first-order valence-corrected chi connectivity index (χ1v) is 5.94. The minimum atomic E-state index is -1.01. The van der Waals surface area contributed by atoms with Crippen molar-refractivity contribution in [2.75, 3.05) is 5.32 Å². The summed E-state index contributed by atoms with van der Waals surface area (Å²) in [6.45, 7) is 6.22. The van der Waals surface area contributed by atoms with Gasteiger partial charge in [0.05, 0.1) is 0 Å². The monoisotopic (exact) mass is 256 g/mol. The summed E-state index contributed by atoms with van der Waals surface area (Å²) in [6.07, 6.45) is 0.938. The van der Waals surface area contributed by atoms with Crippen LogP contribution in [0.3, 0.4) is 0 Å². The molecule has 5 heteroatoms. The normalized spacial score (nSPS) is 12.5. The van der Waals surface area contributed by atoms with Gasteiger partial charge in [-0.3, -0.25) is 0 Å². The van der Waals surface area contributed by atoms with Crippen molar-refractivity contribution in [1.82, 2.24) is 4.98 Å². The summed E-state index contributed by atoms with van der Waals surface area (Å²) in [4.78, 5) is 15.0. The van der Waals surface area contributed by atoms with E-state index in [9.17, 15) is 4.79 Å². The molecule has 17 heavy (non-hydrogen) atoms. The first-order chi connectivity index (χ1) is 7.90. The highest BCUT2D eigenvalue weighted by Gasteiger charge is 2.14. The van der Waals surface area contributed by atoms with Gasteiger partial charge in [0.15, 0.2) is 0 Å². The van der Waals surface area contributed by atoms with Gasteiger partial charge in [-0.25, -0.2) is 9.78 Å². The molecule has 2 N–H and O–H groups in total. The fraction of sp³-hybridized carbons (Fsp3) is 0.500. The lowest BCUT2D eigenvalue weighted by Crippen LogP contribution is -2.20. The van der Waals surface area contributed by atoms with Crippen molar-refractivity contribution in [1.29, 1.82) is 0 Å². The summed E-state index contributed by atoms with van der Waals surface area (Å²) in [5, 5.41) is 12.4. The molecule has 0 aliphatic carbocycles. The maximum atomic E-state index is 11.0. The molecule has 0 aliphatic heterocycles. The molecule has 0 saturated carbocycles. The molecule has 0 aliphatic rings. The molecule has 4 nitrogen and oxygen atoms in total. The molecular formula is C12H17ClN2O2. The Morgan fingerprint density at radius 2 is 2.12 bits per heavy atom. The minimum absolute atomic E-state index is 0.144. The molecule has 1 unspecified atom stereocenters. The molecule has 1 aromatic heterocycles. The van der Waals surface area contributed by atoms with E-state index in [1.807, 2.05) is 6.92 Å². The van der Waals surface area contributed by atoms with Crippen LogP contribution in [0.2, 0.25) is 5.15 Å². The van der Waals surface area contributed by atoms with Crippen LogP contribution in [-0.4, -0.2) is 22.1 Å². The number of carbonyl (C=O) groups is 1. The van der Waals surface area contributed by atoms with E-state index >= 15 is 0 Å². The molecule has 1 heterocycles. The Morgan fingerprint density at radius 3 is 2.65 bits per heavy atom. The summed E-state index contributed by atoms with van der Waals surface area (Å²) in [7, 11) is 0. The zero-order valence-corrected chi connectivity index (χ0v) is 11.0. The predicted octanol–water partition coefficient (Wildman–Crippen LogP) is 3.28. The summed E-state index contributed by atoms with van der Waals surface area (Å²) in [5.41, 5.74) is 0.144. The van der Waals surface area contributed by atoms with Crippen LogP contribution in [0.4, 0.5) is 5.82 Å². The van der Waals surface area contributed by atoms with Crippen LogP contribution < -0.4 is 5.32 Å². The molecule has 0 spiro atoms. The average Bonchev–Trinajstić information content (AvgIpc) is 2.15. The average molecular weight is 257 g/mol. The molecule has 1 atom stereocenters. The number of nitrogens with zero attached hydrogens (tertiary/aromatic N) is 1. The van der Waals surface area contributed by atoms with E-state index in [-0.39, 0.29) is 16.8 Å². The molecule has 0 radical (unpaired) electrons. The van der Waals surface area contributed by atoms with Crippen molar-refractivity contribution < 1.29 is 9.90 Å². The lowest BCUT2D eigenvalue weighted by atomic mass is 10.1. The van der Waals surface area contributed by atoms with Crippen LogP contribution in [0, 0.1) is 5.92 Å². The maximum Gasteiger partial charge on any atom is 0.339 e. The van der Waals surface area contributed by atoms with E-state index in [1.165, 1.54) is 12.1 Å². The number of aromatic nitrogens is 1. The van der Waals surface area contributed by atoms with Crippen LogP contribution in [0.15, 0.2) is 12.1 Å². The van der Waals surface area contributed by atoms with Crippen molar-refractivity contribution in [3.63, 3.8) is 0 Å². The number of anilines is 1. The van der Waals surface area contributed by atoms with E-state index in [0.29, 0.717) is 11.7 Å². The molecule has 0 fully saturated rings. The molecule has 0 saturated heterocycles. The van der Waals surface area contributed by atoms with Gasteiger partial charge in [0, 0.05) is 6.04 Å². The van der Waals surface area contributed by atoms with E-state index in [1.54, 1.807) is 0 Å². The quantitative estimate of drug-likeness (QED) is 0.794. The third-order valence-corrected chi connectivity index (χ3v) is 2.51. The number of aromatic carboxylic acids is 1. The lowest BCUT2D eigenvalue weighted by Gasteiger charge is -2.17. The number of halogens is 1. The van der Waals surface area contributed by atoms with Gasteiger partial charge in [-0.05, 0) is 31.4 Å². The first-order valence-electron chi connectivity index (χ1n) is 5.56. The zero-order valence-electron chi connectivity index (χ0n) is 10.2. The van der Waals surface area contributed by atoms with E-state index in [4.69, 9.17) is 16.7 Å². The Bertz CT molecular complexity index is 407. The Kier molecular flexibility index (Phi) is 4.75. The number of hydrogen-bond acceptors (Lipinski definition) is 3. The highest BCUT2D eigenvalue weighted by Crippen LogP contribution is 2.19. The van der Waals surface area contributed by atoms with Crippen LogP contribution in [0.1, 0.15) is 37.6 Å². The zero-order chi connectivity index (χ0) is 13.0.